The fourth-order valence-corrected chi connectivity index (χ4v) is 2.21. The predicted octanol–water partition coefficient (Wildman–Crippen LogP) is 2.98. The lowest BCUT2D eigenvalue weighted by atomic mass is 10.1. The predicted molar refractivity (Wildman–Crippen MR) is 89.1 cm³/mol. The van der Waals surface area contributed by atoms with Gasteiger partial charge < -0.3 is 10.1 Å². The van der Waals surface area contributed by atoms with Crippen LogP contribution in [0.25, 0.3) is 0 Å². The van der Waals surface area contributed by atoms with Crippen molar-refractivity contribution in [1.29, 1.82) is 0 Å². The molecule has 120 valence electrons. The normalized spacial score (nSPS) is 11.5. The monoisotopic (exact) mass is 311 g/mol. The average molecular weight is 311 g/mol. The molecule has 1 atom stereocenters. The van der Waals surface area contributed by atoms with Gasteiger partial charge in [-0.25, -0.2) is 4.79 Å². The maximum absolute atomic E-state index is 11.8. The number of hydrogen-bond acceptors (Lipinski definition) is 3. The summed E-state index contributed by atoms with van der Waals surface area (Å²) in [6.45, 7) is 1.68. The summed E-state index contributed by atoms with van der Waals surface area (Å²) in [6.07, 6.45) is 1.73. The molecular formula is C19H21NO3. The van der Waals surface area contributed by atoms with Crippen molar-refractivity contribution in [3.05, 3.63) is 71.8 Å². The number of hydrogen-bond donors (Lipinski definition) is 1. The molecule has 4 nitrogen and oxygen atoms in total. The van der Waals surface area contributed by atoms with E-state index in [1.807, 2.05) is 31.2 Å². The van der Waals surface area contributed by atoms with Crippen molar-refractivity contribution in [2.75, 3.05) is 6.61 Å². The summed E-state index contributed by atoms with van der Waals surface area (Å²) < 4.78 is 5.00. The van der Waals surface area contributed by atoms with Gasteiger partial charge in [0.15, 0.2) is 6.61 Å². The third-order valence-corrected chi connectivity index (χ3v) is 3.46. The van der Waals surface area contributed by atoms with Gasteiger partial charge in [0.05, 0.1) is 5.56 Å². The number of amides is 1. The van der Waals surface area contributed by atoms with Gasteiger partial charge in [-0.15, -0.1) is 0 Å². The number of aryl methyl sites for hydroxylation is 1. The second-order valence-corrected chi connectivity index (χ2v) is 5.43. The Labute approximate surface area is 136 Å². The zero-order valence-corrected chi connectivity index (χ0v) is 13.2. The highest BCUT2D eigenvalue weighted by molar-refractivity contribution is 5.91. The smallest absolute Gasteiger partial charge is 0.338 e. The van der Waals surface area contributed by atoms with Crippen LogP contribution in [0.4, 0.5) is 0 Å². The van der Waals surface area contributed by atoms with E-state index >= 15 is 0 Å². The van der Waals surface area contributed by atoms with Crippen LogP contribution in [-0.4, -0.2) is 24.5 Å². The summed E-state index contributed by atoms with van der Waals surface area (Å²) in [6, 6.07) is 18.8. The van der Waals surface area contributed by atoms with Crippen LogP contribution in [0.15, 0.2) is 60.7 Å². The summed E-state index contributed by atoms with van der Waals surface area (Å²) >= 11 is 0. The first-order valence-corrected chi connectivity index (χ1v) is 7.70. The molecule has 2 rings (SSSR count). The highest BCUT2D eigenvalue weighted by atomic mass is 16.5. The van der Waals surface area contributed by atoms with E-state index in [0.29, 0.717) is 5.56 Å². The third-order valence-electron chi connectivity index (χ3n) is 3.46. The van der Waals surface area contributed by atoms with Crippen LogP contribution < -0.4 is 5.32 Å². The molecule has 4 heteroatoms. The fourth-order valence-electron chi connectivity index (χ4n) is 2.21. The lowest BCUT2D eigenvalue weighted by molar-refractivity contribution is -0.124. The van der Waals surface area contributed by atoms with Crippen molar-refractivity contribution in [3.63, 3.8) is 0 Å². The SMILES string of the molecule is C[C@H](CCc1ccccc1)NC(=O)COC(=O)c1ccccc1. The molecule has 0 saturated heterocycles. The van der Waals surface area contributed by atoms with Gasteiger partial charge in [0.25, 0.3) is 5.91 Å². The molecule has 0 saturated carbocycles. The van der Waals surface area contributed by atoms with E-state index < -0.39 is 5.97 Å². The van der Waals surface area contributed by atoms with Crippen LogP contribution in [0.5, 0.6) is 0 Å². The second-order valence-electron chi connectivity index (χ2n) is 5.43. The molecule has 2 aromatic rings. The molecule has 0 spiro atoms. The lowest BCUT2D eigenvalue weighted by Crippen LogP contribution is -2.36. The molecule has 0 aromatic heterocycles. The van der Waals surface area contributed by atoms with E-state index in [1.165, 1.54) is 5.56 Å². The van der Waals surface area contributed by atoms with Crippen LogP contribution in [0.3, 0.4) is 0 Å². The Morgan fingerprint density at radius 3 is 2.26 bits per heavy atom. The average Bonchev–Trinajstić information content (AvgIpc) is 2.59. The van der Waals surface area contributed by atoms with Crippen LogP contribution >= 0.6 is 0 Å². The molecule has 23 heavy (non-hydrogen) atoms. The molecule has 0 unspecified atom stereocenters. The van der Waals surface area contributed by atoms with Gasteiger partial charge in [0.1, 0.15) is 0 Å². The Bertz CT molecular complexity index is 626. The molecule has 0 fully saturated rings. The first-order chi connectivity index (χ1) is 11.1. The fraction of sp³-hybridized carbons (Fsp3) is 0.263. The van der Waals surface area contributed by atoms with E-state index in [1.54, 1.807) is 24.3 Å². The minimum absolute atomic E-state index is 0.0260. The molecule has 2 aromatic carbocycles. The molecule has 0 aliphatic carbocycles. The van der Waals surface area contributed by atoms with Crippen LogP contribution in [0, 0.1) is 0 Å². The third kappa shape index (κ3) is 5.94. The Kier molecular flexibility index (Phi) is 6.36. The van der Waals surface area contributed by atoms with Gasteiger partial charge in [-0.2, -0.15) is 0 Å². The van der Waals surface area contributed by atoms with Crippen LogP contribution in [0.2, 0.25) is 0 Å². The van der Waals surface area contributed by atoms with Crippen molar-refractivity contribution in [2.24, 2.45) is 0 Å². The van der Waals surface area contributed by atoms with Crippen molar-refractivity contribution >= 4 is 11.9 Å². The molecule has 0 bridgehead atoms. The van der Waals surface area contributed by atoms with Gasteiger partial charge in [0.2, 0.25) is 0 Å². The standard InChI is InChI=1S/C19H21NO3/c1-15(12-13-16-8-4-2-5-9-16)20-18(21)14-23-19(22)17-10-6-3-7-11-17/h2-11,15H,12-14H2,1H3,(H,20,21)/t15-/m1/s1. The van der Waals surface area contributed by atoms with Crippen molar-refractivity contribution in [3.8, 4) is 0 Å². The zero-order chi connectivity index (χ0) is 16.5. The number of nitrogens with one attached hydrogen (secondary N) is 1. The lowest BCUT2D eigenvalue weighted by Gasteiger charge is -2.14. The highest BCUT2D eigenvalue weighted by Crippen LogP contribution is 2.05. The number of carbonyl (C=O) groups excluding carboxylic acids is 2. The van der Waals surface area contributed by atoms with Gasteiger partial charge in [-0.3, -0.25) is 4.79 Å². The second kappa shape index (κ2) is 8.73. The van der Waals surface area contributed by atoms with Gasteiger partial charge in [0, 0.05) is 6.04 Å². The minimum Gasteiger partial charge on any atom is -0.452 e. The van der Waals surface area contributed by atoms with E-state index in [0.717, 1.165) is 12.8 Å². The molecule has 1 amide bonds. The molecular weight excluding hydrogens is 290 g/mol. The Morgan fingerprint density at radius 2 is 1.61 bits per heavy atom. The molecule has 0 aliphatic rings. The number of benzene rings is 2. The quantitative estimate of drug-likeness (QED) is 0.800. The van der Waals surface area contributed by atoms with E-state index in [9.17, 15) is 9.59 Å². The molecule has 0 heterocycles. The van der Waals surface area contributed by atoms with E-state index in [-0.39, 0.29) is 18.6 Å². The highest BCUT2D eigenvalue weighted by Gasteiger charge is 2.11. The largest absolute Gasteiger partial charge is 0.452 e. The van der Waals surface area contributed by atoms with Crippen molar-refractivity contribution in [1.82, 2.24) is 5.32 Å². The Morgan fingerprint density at radius 1 is 1.00 bits per heavy atom. The summed E-state index contributed by atoms with van der Waals surface area (Å²) in [5.74, 6) is -0.771. The topological polar surface area (TPSA) is 55.4 Å². The maximum Gasteiger partial charge on any atom is 0.338 e. The summed E-state index contributed by atoms with van der Waals surface area (Å²) in [5.41, 5.74) is 1.68. The Hall–Kier alpha value is -2.62. The first kappa shape index (κ1) is 16.7. The van der Waals surface area contributed by atoms with Crippen LogP contribution in [-0.2, 0) is 16.0 Å². The van der Waals surface area contributed by atoms with Crippen LogP contribution in [0.1, 0.15) is 29.3 Å². The number of esters is 1. The zero-order valence-electron chi connectivity index (χ0n) is 13.2. The Balaban J connectivity index is 1.69. The maximum atomic E-state index is 11.8. The van der Waals surface area contributed by atoms with Gasteiger partial charge in [-0.05, 0) is 37.5 Å². The van der Waals surface area contributed by atoms with E-state index in [4.69, 9.17) is 4.74 Å². The molecule has 0 radical (unpaired) electrons. The number of carbonyl (C=O) groups is 2. The number of ether oxygens (including phenoxy) is 1. The minimum atomic E-state index is -0.488. The summed E-state index contributed by atoms with van der Waals surface area (Å²) in [5, 5.41) is 2.84. The van der Waals surface area contributed by atoms with Gasteiger partial charge >= 0.3 is 5.97 Å². The summed E-state index contributed by atoms with van der Waals surface area (Å²) in [4.78, 5) is 23.6. The van der Waals surface area contributed by atoms with E-state index in [2.05, 4.69) is 17.4 Å². The van der Waals surface area contributed by atoms with Crippen molar-refractivity contribution < 1.29 is 14.3 Å². The molecule has 1 N–H and O–H groups in total. The number of rotatable bonds is 7. The summed E-state index contributed by atoms with van der Waals surface area (Å²) in [7, 11) is 0. The van der Waals surface area contributed by atoms with Gasteiger partial charge in [-0.1, -0.05) is 48.5 Å². The first-order valence-electron chi connectivity index (χ1n) is 7.70. The molecule has 0 aliphatic heterocycles. The van der Waals surface area contributed by atoms with Crippen molar-refractivity contribution in [2.45, 2.75) is 25.8 Å².